The first-order valence-electron chi connectivity index (χ1n) is 5.91. The van der Waals surface area contributed by atoms with E-state index in [2.05, 4.69) is 21.2 Å². The lowest BCUT2D eigenvalue weighted by atomic mass is 9.95. The summed E-state index contributed by atoms with van der Waals surface area (Å²) in [6.07, 6.45) is 0. The molecule has 1 atom stereocenters. The van der Waals surface area contributed by atoms with Crippen molar-refractivity contribution < 1.29 is 4.39 Å². The van der Waals surface area contributed by atoms with E-state index in [9.17, 15) is 4.39 Å². The minimum absolute atomic E-state index is 0.199. The van der Waals surface area contributed by atoms with Crippen molar-refractivity contribution in [2.75, 3.05) is 7.05 Å². The molecule has 0 bridgehead atoms. The molecule has 2 aromatic rings. The average Bonchev–Trinajstić information content (AvgIpc) is 2.36. The molecule has 19 heavy (non-hydrogen) atoms. The number of hydrogen-bond donors (Lipinski definition) is 1. The van der Waals surface area contributed by atoms with Gasteiger partial charge in [-0.3, -0.25) is 0 Å². The molecular formula is C15H14BrClFN. The highest BCUT2D eigenvalue weighted by Crippen LogP contribution is 2.29. The van der Waals surface area contributed by atoms with Crippen molar-refractivity contribution in [1.29, 1.82) is 0 Å². The first kappa shape index (κ1) is 14.5. The predicted molar refractivity (Wildman–Crippen MR) is 81.2 cm³/mol. The van der Waals surface area contributed by atoms with Crippen LogP contribution in [0.2, 0.25) is 5.02 Å². The van der Waals surface area contributed by atoms with E-state index in [-0.39, 0.29) is 11.9 Å². The fourth-order valence-corrected chi connectivity index (χ4v) is 2.78. The van der Waals surface area contributed by atoms with Gasteiger partial charge < -0.3 is 5.32 Å². The smallest absolute Gasteiger partial charge is 0.128 e. The summed E-state index contributed by atoms with van der Waals surface area (Å²) in [7, 11) is 1.82. The maximum atomic E-state index is 14.0. The van der Waals surface area contributed by atoms with E-state index >= 15 is 0 Å². The first-order valence-corrected chi connectivity index (χ1v) is 7.08. The van der Waals surface area contributed by atoms with Gasteiger partial charge in [-0.15, -0.1) is 0 Å². The van der Waals surface area contributed by atoms with Gasteiger partial charge in [-0.05, 0) is 55.4 Å². The van der Waals surface area contributed by atoms with Gasteiger partial charge in [0.05, 0.1) is 6.04 Å². The number of nitrogens with one attached hydrogen (secondary N) is 1. The molecule has 0 spiro atoms. The Balaban J connectivity index is 2.52. The summed E-state index contributed by atoms with van der Waals surface area (Å²) >= 11 is 9.35. The van der Waals surface area contributed by atoms with Gasteiger partial charge in [0.25, 0.3) is 0 Å². The zero-order chi connectivity index (χ0) is 14.0. The second-order valence-electron chi connectivity index (χ2n) is 4.39. The number of benzene rings is 2. The van der Waals surface area contributed by atoms with Crippen LogP contribution in [0.3, 0.4) is 0 Å². The largest absolute Gasteiger partial charge is 0.309 e. The van der Waals surface area contributed by atoms with Crippen molar-refractivity contribution in [2.24, 2.45) is 0 Å². The third kappa shape index (κ3) is 3.16. The molecule has 2 aromatic carbocycles. The van der Waals surface area contributed by atoms with Crippen LogP contribution in [0.5, 0.6) is 0 Å². The summed E-state index contributed by atoms with van der Waals surface area (Å²) < 4.78 is 14.9. The van der Waals surface area contributed by atoms with Crippen molar-refractivity contribution in [2.45, 2.75) is 13.0 Å². The van der Waals surface area contributed by atoms with E-state index in [0.29, 0.717) is 10.6 Å². The normalized spacial score (nSPS) is 12.5. The average molecular weight is 343 g/mol. The minimum atomic E-state index is -0.225. The van der Waals surface area contributed by atoms with E-state index < -0.39 is 0 Å². The molecular weight excluding hydrogens is 329 g/mol. The van der Waals surface area contributed by atoms with Crippen molar-refractivity contribution in [3.05, 3.63) is 68.4 Å². The number of rotatable bonds is 3. The lowest BCUT2D eigenvalue weighted by molar-refractivity contribution is 0.575. The standard InChI is InChI=1S/C15H14BrClFN/c1-9-7-11(17)4-5-12(9)15(19-2)13-8-10(16)3-6-14(13)18/h3-8,15,19H,1-2H3. The Morgan fingerprint density at radius 3 is 2.53 bits per heavy atom. The van der Waals surface area contributed by atoms with Gasteiger partial charge in [0.15, 0.2) is 0 Å². The Kier molecular flexibility index (Phi) is 4.61. The van der Waals surface area contributed by atoms with Crippen LogP contribution in [-0.4, -0.2) is 7.05 Å². The quantitative estimate of drug-likeness (QED) is 0.840. The SMILES string of the molecule is CNC(c1ccc(Cl)cc1C)c1cc(Br)ccc1F. The van der Waals surface area contributed by atoms with Crippen molar-refractivity contribution in [3.8, 4) is 0 Å². The summed E-state index contributed by atoms with van der Waals surface area (Å²) in [5, 5.41) is 3.85. The molecule has 100 valence electrons. The lowest BCUT2D eigenvalue weighted by Crippen LogP contribution is -2.20. The van der Waals surface area contributed by atoms with E-state index in [1.165, 1.54) is 6.07 Å². The van der Waals surface area contributed by atoms with Crippen molar-refractivity contribution in [3.63, 3.8) is 0 Å². The molecule has 0 saturated heterocycles. The molecule has 0 fully saturated rings. The van der Waals surface area contributed by atoms with E-state index in [1.54, 1.807) is 12.1 Å². The van der Waals surface area contributed by atoms with Gasteiger partial charge in [-0.2, -0.15) is 0 Å². The van der Waals surface area contributed by atoms with Gasteiger partial charge in [0.1, 0.15) is 5.82 Å². The molecule has 0 aliphatic carbocycles. The van der Waals surface area contributed by atoms with Crippen molar-refractivity contribution in [1.82, 2.24) is 5.32 Å². The van der Waals surface area contributed by atoms with Crippen LogP contribution < -0.4 is 5.32 Å². The zero-order valence-electron chi connectivity index (χ0n) is 10.7. The zero-order valence-corrected chi connectivity index (χ0v) is 13.0. The highest BCUT2D eigenvalue weighted by Gasteiger charge is 2.18. The van der Waals surface area contributed by atoms with E-state index in [0.717, 1.165) is 15.6 Å². The number of aryl methyl sites for hydroxylation is 1. The highest BCUT2D eigenvalue weighted by molar-refractivity contribution is 9.10. The molecule has 0 saturated carbocycles. The van der Waals surface area contributed by atoms with E-state index in [4.69, 9.17) is 11.6 Å². The van der Waals surface area contributed by atoms with Gasteiger partial charge in [0, 0.05) is 15.1 Å². The number of hydrogen-bond acceptors (Lipinski definition) is 1. The van der Waals surface area contributed by atoms with Crippen LogP contribution in [0.1, 0.15) is 22.7 Å². The minimum Gasteiger partial charge on any atom is -0.309 e. The molecule has 1 N–H and O–H groups in total. The van der Waals surface area contributed by atoms with Crippen LogP contribution >= 0.6 is 27.5 Å². The van der Waals surface area contributed by atoms with Crippen LogP contribution in [0, 0.1) is 12.7 Å². The summed E-state index contributed by atoms with van der Waals surface area (Å²) in [6.45, 7) is 1.97. The second-order valence-corrected chi connectivity index (χ2v) is 5.74. The summed E-state index contributed by atoms with van der Waals surface area (Å²) in [4.78, 5) is 0. The maximum Gasteiger partial charge on any atom is 0.128 e. The third-order valence-corrected chi connectivity index (χ3v) is 3.83. The second kappa shape index (κ2) is 6.04. The summed E-state index contributed by atoms with van der Waals surface area (Å²) in [6, 6.07) is 10.4. The molecule has 2 rings (SSSR count). The lowest BCUT2D eigenvalue weighted by Gasteiger charge is -2.20. The summed E-state index contributed by atoms with van der Waals surface area (Å²) in [5.74, 6) is -0.225. The third-order valence-electron chi connectivity index (χ3n) is 3.10. The van der Waals surface area contributed by atoms with Gasteiger partial charge in [0.2, 0.25) is 0 Å². The number of halogens is 3. The molecule has 4 heteroatoms. The van der Waals surface area contributed by atoms with E-state index in [1.807, 2.05) is 32.2 Å². The Hall–Kier alpha value is -0.900. The molecule has 0 aromatic heterocycles. The predicted octanol–water partition coefficient (Wildman–Crippen LogP) is 4.86. The topological polar surface area (TPSA) is 12.0 Å². The van der Waals surface area contributed by atoms with Crippen LogP contribution in [0.15, 0.2) is 40.9 Å². The molecule has 0 heterocycles. The Morgan fingerprint density at radius 2 is 1.89 bits per heavy atom. The monoisotopic (exact) mass is 341 g/mol. The Morgan fingerprint density at radius 1 is 1.16 bits per heavy atom. The fraction of sp³-hybridized carbons (Fsp3) is 0.200. The van der Waals surface area contributed by atoms with Crippen LogP contribution in [0.25, 0.3) is 0 Å². The first-order chi connectivity index (χ1) is 9.02. The summed E-state index contributed by atoms with van der Waals surface area (Å²) in [5.41, 5.74) is 2.66. The van der Waals surface area contributed by atoms with Gasteiger partial charge in [-0.25, -0.2) is 4.39 Å². The molecule has 0 aliphatic rings. The molecule has 0 aliphatic heterocycles. The highest BCUT2D eigenvalue weighted by atomic mass is 79.9. The Bertz CT molecular complexity index is 601. The molecule has 0 radical (unpaired) electrons. The molecule has 1 nitrogen and oxygen atoms in total. The Labute approximate surface area is 125 Å². The van der Waals surface area contributed by atoms with Gasteiger partial charge >= 0.3 is 0 Å². The maximum absolute atomic E-state index is 14.0. The van der Waals surface area contributed by atoms with Crippen LogP contribution in [0.4, 0.5) is 4.39 Å². The molecule has 1 unspecified atom stereocenters. The fourth-order valence-electron chi connectivity index (χ4n) is 2.18. The van der Waals surface area contributed by atoms with Crippen LogP contribution in [-0.2, 0) is 0 Å². The van der Waals surface area contributed by atoms with Crippen molar-refractivity contribution >= 4 is 27.5 Å². The van der Waals surface area contributed by atoms with Gasteiger partial charge in [-0.1, -0.05) is 33.6 Å². The molecule has 0 amide bonds.